The number of benzene rings is 2. The van der Waals surface area contributed by atoms with Gasteiger partial charge in [-0.15, -0.1) is 0 Å². The Bertz CT molecular complexity index is 637. The summed E-state index contributed by atoms with van der Waals surface area (Å²) in [4.78, 5) is 2.02. The van der Waals surface area contributed by atoms with Crippen molar-refractivity contribution in [3.05, 3.63) is 53.6 Å². The highest BCUT2D eigenvalue weighted by molar-refractivity contribution is 5.59. The SMILES string of the molecule is Oc1c(F)cc(CN2CCCOc3ccccc32)cc1F. The molecule has 0 amide bonds. The first-order valence-electron chi connectivity index (χ1n) is 6.79. The lowest BCUT2D eigenvalue weighted by Gasteiger charge is -2.24. The summed E-state index contributed by atoms with van der Waals surface area (Å²) in [7, 11) is 0. The molecule has 0 atom stereocenters. The van der Waals surface area contributed by atoms with E-state index in [4.69, 9.17) is 9.84 Å². The average molecular weight is 291 g/mol. The molecule has 0 aliphatic carbocycles. The molecule has 3 rings (SSSR count). The molecule has 21 heavy (non-hydrogen) atoms. The molecule has 0 aromatic heterocycles. The van der Waals surface area contributed by atoms with Crippen LogP contribution in [0.25, 0.3) is 0 Å². The smallest absolute Gasteiger partial charge is 0.187 e. The zero-order chi connectivity index (χ0) is 14.8. The summed E-state index contributed by atoms with van der Waals surface area (Å²) in [6, 6.07) is 9.92. The van der Waals surface area contributed by atoms with Gasteiger partial charge in [0, 0.05) is 13.1 Å². The molecule has 1 N–H and O–H groups in total. The van der Waals surface area contributed by atoms with E-state index in [0.29, 0.717) is 18.7 Å². The number of hydrogen-bond acceptors (Lipinski definition) is 3. The summed E-state index contributed by atoms with van der Waals surface area (Å²) < 4.78 is 32.5. The van der Waals surface area contributed by atoms with Gasteiger partial charge in [0.2, 0.25) is 0 Å². The Balaban J connectivity index is 1.91. The van der Waals surface area contributed by atoms with E-state index >= 15 is 0 Å². The predicted octanol–water partition coefficient (Wildman–Crippen LogP) is 3.46. The second-order valence-electron chi connectivity index (χ2n) is 5.00. The maximum absolute atomic E-state index is 13.4. The van der Waals surface area contributed by atoms with Gasteiger partial charge in [0.1, 0.15) is 5.75 Å². The van der Waals surface area contributed by atoms with Gasteiger partial charge in [-0.05, 0) is 36.2 Å². The topological polar surface area (TPSA) is 32.7 Å². The molecule has 1 heterocycles. The second kappa shape index (κ2) is 5.60. The van der Waals surface area contributed by atoms with Gasteiger partial charge in [-0.1, -0.05) is 12.1 Å². The molecule has 0 unspecified atom stereocenters. The lowest BCUT2D eigenvalue weighted by atomic mass is 10.1. The highest BCUT2D eigenvalue weighted by atomic mass is 19.1. The monoisotopic (exact) mass is 291 g/mol. The van der Waals surface area contributed by atoms with Crippen molar-refractivity contribution >= 4 is 5.69 Å². The van der Waals surface area contributed by atoms with E-state index in [1.54, 1.807) is 0 Å². The average Bonchev–Trinajstić information content (AvgIpc) is 2.67. The summed E-state index contributed by atoms with van der Waals surface area (Å²) in [5, 5.41) is 9.16. The Morgan fingerprint density at radius 3 is 2.62 bits per heavy atom. The molecule has 2 aromatic rings. The third-order valence-electron chi connectivity index (χ3n) is 3.49. The molecule has 0 saturated heterocycles. The molecule has 0 fully saturated rings. The summed E-state index contributed by atoms with van der Waals surface area (Å²) in [5.41, 5.74) is 1.38. The molecule has 1 aliphatic heterocycles. The van der Waals surface area contributed by atoms with Crippen LogP contribution in [-0.4, -0.2) is 18.3 Å². The van der Waals surface area contributed by atoms with Crippen LogP contribution in [0.15, 0.2) is 36.4 Å². The Hall–Kier alpha value is -2.30. The van der Waals surface area contributed by atoms with E-state index < -0.39 is 17.4 Å². The van der Waals surface area contributed by atoms with Gasteiger partial charge >= 0.3 is 0 Å². The Morgan fingerprint density at radius 2 is 1.86 bits per heavy atom. The zero-order valence-corrected chi connectivity index (χ0v) is 11.4. The number of phenols is 1. The zero-order valence-electron chi connectivity index (χ0n) is 11.4. The van der Waals surface area contributed by atoms with Crippen LogP contribution >= 0.6 is 0 Å². The van der Waals surface area contributed by atoms with Gasteiger partial charge in [-0.2, -0.15) is 0 Å². The minimum Gasteiger partial charge on any atom is -0.503 e. The lowest BCUT2D eigenvalue weighted by Crippen LogP contribution is -2.23. The Kier molecular flexibility index (Phi) is 3.64. The minimum atomic E-state index is -0.940. The van der Waals surface area contributed by atoms with Crippen LogP contribution in [0.2, 0.25) is 0 Å². The first kappa shape index (κ1) is 13.7. The maximum Gasteiger partial charge on any atom is 0.187 e. The molecule has 0 bridgehead atoms. The number of anilines is 1. The van der Waals surface area contributed by atoms with E-state index in [1.807, 2.05) is 29.2 Å². The van der Waals surface area contributed by atoms with E-state index in [2.05, 4.69) is 0 Å². The van der Waals surface area contributed by atoms with Crippen LogP contribution < -0.4 is 9.64 Å². The number of hydrogen-bond donors (Lipinski definition) is 1. The first-order valence-corrected chi connectivity index (χ1v) is 6.79. The third kappa shape index (κ3) is 2.77. The Morgan fingerprint density at radius 1 is 1.14 bits per heavy atom. The number of halogens is 2. The summed E-state index contributed by atoms with van der Waals surface area (Å²) >= 11 is 0. The lowest BCUT2D eigenvalue weighted by molar-refractivity contribution is 0.322. The highest BCUT2D eigenvalue weighted by Crippen LogP contribution is 2.32. The van der Waals surface area contributed by atoms with Crippen LogP contribution in [0.5, 0.6) is 11.5 Å². The largest absolute Gasteiger partial charge is 0.503 e. The highest BCUT2D eigenvalue weighted by Gasteiger charge is 2.17. The van der Waals surface area contributed by atoms with Crippen LogP contribution in [-0.2, 0) is 6.54 Å². The number of rotatable bonds is 2. The molecule has 0 radical (unpaired) electrons. The van der Waals surface area contributed by atoms with E-state index in [1.165, 1.54) is 0 Å². The quantitative estimate of drug-likeness (QED) is 0.919. The predicted molar refractivity (Wildman–Crippen MR) is 75.6 cm³/mol. The van der Waals surface area contributed by atoms with Crippen LogP contribution in [0.1, 0.15) is 12.0 Å². The summed E-state index contributed by atoms with van der Waals surface area (Å²) in [6.07, 6.45) is 0.831. The standard InChI is InChI=1S/C16H15F2NO2/c17-12-8-11(9-13(18)16(12)20)10-19-6-3-7-21-15-5-2-1-4-14(15)19/h1-2,4-5,8-9,20H,3,6-7,10H2. The van der Waals surface area contributed by atoms with Crippen molar-refractivity contribution in [1.29, 1.82) is 0 Å². The van der Waals surface area contributed by atoms with Gasteiger partial charge in [-0.3, -0.25) is 0 Å². The van der Waals surface area contributed by atoms with Gasteiger partial charge < -0.3 is 14.7 Å². The molecule has 3 nitrogen and oxygen atoms in total. The number of para-hydroxylation sites is 2. The molecule has 5 heteroatoms. The first-order chi connectivity index (χ1) is 10.1. The molecule has 0 spiro atoms. The molecular weight excluding hydrogens is 276 g/mol. The van der Waals surface area contributed by atoms with Crippen molar-refractivity contribution in [3.8, 4) is 11.5 Å². The fraction of sp³-hybridized carbons (Fsp3) is 0.250. The minimum absolute atomic E-state index is 0.356. The van der Waals surface area contributed by atoms with E-state index in [0.717, 1.165) is 36.5 Å². The van der Waals surface area contributed by atoms with Crippen molar-refractivity contribution < 1.29 is 18.6 Å². The number of fused-ring (bicyclic) bond motifs is 1. The molecule has 0 saturated carbocycles. The number of nitrogens with zero attached hydrogens (tertiary/aromatic N) is 1. The second-order valence-corrected chi connectivity index (χ2v) is 5.00. The van der Waals surface area contributed by atoms with Gasteiger partial charge in [-0.25, -0.2) is 8.78 Å². The molecular formula is C16H15F2NO2. The van der Waals surface area contributed by atoms with Crippen LogP contribution in [0.4, 0.5) is 14.5 Å². The van der Waals surface area contributed by atoms with Gasteiger partial charge in [0.25, 0.3) is 0 Å². The molecule has 110 valence electrons. The number of aromatic hydroxyl groups is 1. The van der Waals surface area contributed by atoms with Gasteiger partial charge in [0.15, 0.2) is 17.4 Å². The summed E-state index contributed by atoms with van der Waals surface area (Å²) in [6.45, 7) is 1.71. The number of ether oxygens (including phenoxy) is 1. The normalized spacial score (nSPS) is 14.3. The van der Waals surface area contributed by atoms with Crippen molar-refractivity contribution in [2.75, 3.05) is 18.1 Å². The number of phenolic OH excluding ortho intramolecular Hbond substituents is 1. The fourth-order valence-corrected chi connectivity index (χ4v) is 2.49. The molecule has 2 aromatic carbocycles. The fourth-order valence-electron chi connectivity index (χ4n) is 2.49. The van der Waals surface area contributed by atoms with Crippen LogP contribution in [0.3, 0.4) is 0 Å². The van der Waals surface area contributed by atoms with Crippen molar-refractivity contribution in [2.24, 2.45) is 0 Å². The third-order valence-corrected chi connectivity index (χ3v) is 3.49. The van der Waals surface area contributed by atoms with Crippen molar-refractivity contribution in [2.45, 2.75) is 13.0 Å². The maximum atomic E-state index is 13.4. The Labute approximate surface area is 121 Å². The van der Waals surface area contributed by atoms with E-state index in [-0.39, 0.29) is 0 Å². The van der Waals surface area contributed by atoms with Crippen molar-refractivity contribution in [1.82, 2.24) is 0 Å². The van der Waals surface area contributed by atoms with Crippen molar-refractivity contribution in [3.63, 3.8) is 0 Å². The molecule has 1 aliphatic rings. The van der Waals surface area contributed by atoms with Gasteiger partial charge in [0.05, 0.1) is 12.3 Å². The van der Waals surface area contributed by atoms with E-state index in [9.17, 15) is 8.78 Å². The van der Waals surface area contributed by atoms with Crippen LogP contribution in [0, 0.1) is 11.6 Å². The summed E-state index contributed by atoms with van der Waals surface area (Å²) in [5.74, 6) is -2.04.